The van der Waals surface area contributed by atoms with E-state index >= 15 is 0 Å². The molecule has 2 aliphatic rings. The van der Waals surface area contributed by atoms with Crippen LogP contribution in [0.3, 0.4) is 0 Å². The minimum Gasteiger partial charge on any atom is -0.396 e. The highest BCUT2D eigenvalue weighted by molar-refractivity contribution is 4.90. The third-order valence-corrected chi connectivity index (χ3v) is 3.87. The van der Waals surface area contributed by atoms with Crippen LogP contribution in [-0.2, 0) is 0 Å². The number of aliphatic hydroxyl groups excluding tert-OH is 1. The lowest BCUT2D eigenvalue weighted by molar-refractivity contribution is 0.196. The van der Waals surface area contributed by atoms with E-state index in [1.54, 1.807) is 0 Å². The van der Waals surface area contributed by atoms with E-state index in [2.05, 4.69) is 17.1 Å². The Morgan fingerprint density at radius 2 is 2.06 bits per heavy atom. The van der Waals surface area contributed by atoms with Gasteiger partial charge in [0.15, 0.2) is 0 Å². The largest absolute Gasteiger partial charge is 0.396 e. The first-order valence-corrected chi connectivity index (χ1v) is 7.41. The second kappa shape index (κ2) is 6.72. The van der Waals surface area contributed by atoms with Gasteiger partial charge < -0.3 is 10.4 Å². The summed E-state index contributed by atoms with van der Waals surface area (Å²) in [7, 11) is 0. The van der Waals surface area contributed by atoms with Gasteiger partial charge in [-0.25, -0.2) is 0 Å². The molecular formula is C14H28N2O. The number of nitrogens with zero attached hydrogens (tertiary/aromatic N) is 1. The molecule has 0 aromatic heterocycles. The lowest BCUT2D eigenvalue weighted by atomic mass is 10.2. The zero-order valence-corrected chi connectivity index (χ0v) is 11.2. The Labute approximate surface area is 106 Å². The molecule has 2 saturated carbocycles. The van der Waals surface area contributed by atoms with Crippen LogP contribution in [0.5, 0.6) is 0 Å². The molecule has 2 aliphatic carbocycles. The summed E-state index contributed by atoms with van der Waals surface area (Å²) >= 11 is 0. The fourth-order valence-corrected chi connectivity index (χ4v) is 2.49. The maximum absolute atomic E-state index is 9.14. The Bertz CT molecular complexity index is 214. The summed E-state index contributed by atoms with van der Waals surface area (Å²) < 4.78 is 0. The second-order valence-electron chi connectivity index (χ2n) is 5.79. The summed E-state index contributed by atoms with van der Waals surface area (Å²) in [4.78, 5) is 2.68. The van der Waals surface area contributed by atoms with Crippen LogP contribution >= 0.6 is 0 Å². The van der Waals surface area contributed by atoms with Crippen molar-refractivity contribution < 1.29 is 5.11 Å². The van der Waals surface area contributed by atoms with Gasteiger partial charge >= 0.3 is 0 Å². The van der Waals surface area contributed by atoms with E-state index in [0.717, 1.165) is 31.5 Å². The predicted molar refractivity (Wildman–Crippen MR) is 71.1 cm³/mol. The summed E-state index contributed by atoms with van der Waals surface area (Å²) in [6.07, 6.45) is 7.74. The highest BCUT2D eigenvalue weighted by atomic mass is 16.3. The van der Waals surface area contributed by atoms with Crippen LogP contribution < -0.4 is 5.32 Å². The van der Waals surface area contributed by atoms with Crippen molar-refractivity contribution in [3.05, 3.63) is 0 Å². The number of aliphatic hydroxyl groups is 1. The van der Waals surface area contributed by atoms with Crippen molar-refractivity contribution in [3.8, 4) is 0 Å². The summed E-state index contributed by atoms with van der Waals surface area (Å²) in [5, 5.41) is 12.7. The van der Waals surface area contributed by atoms with Crippen LogP contribution in [-0.4, -0.2) is 48.3 Å². The van der Waals surface area contributed by atoms with E-state index < -0.39 is 0 Å². The molecule has 0 bridgehead atoms. The number of hydrogen-bond donors (Lipinski definition) is 2. The van der Waals surface area contributed by atoms with Crippen LogP contribution in [0.15, 0.2) is 0 Å². The van der Waals surface area contributed by atoms with Crippen molar-refractivity contribution in [2.45, 2.75) is 57.5 Å². The number of nitrogens with one attached hydrogen (secondary N) is 1. The first kappa shape index (κ1) is 13.3. The van der Waals surface area contributed by atoms with Crippen molar-refractivity contribution in [2.24, 2.45) is 5.92 Å². The smallest absolute Gasteiger partial charge is 0.0446 e. The molecule has 0 amide bonds. The average Bonchev–Trinajstić information content (AvgIpc) is 3.16. The highest BCUT2D eigenvalue weighted by Gasteiger charge is 2.34. The normalized spacial score (nSPS) is 22.1. The minimum absolute atomic E-state index is 0.309. The Balaban J connectivity index is 1.74. The fraction of sp³-hybridized carbons (Fsp3) is 1.00. The standard InChI is InChI=1S/C14H28N2O/c1-2-8-15-13(7-9-17)11-16(14-5-6-14)10-12-3-4-12/h12-15,17H,2-11H2,1H3. The van der Waals surface area contributed by atoms with Gasteiger partial charge in [0.25, 0.3) is 0 Å². The van der Waals surface area contributed by atoms with Gasteiger partial charge in [-0.2, -0.15) is 0 Å². The van der Waals surface area contributed by atoms with Crippen LogP contribution in [0, 0.1) is 5.92 Å². The predicted octanol–water partition coefficient (Wildman–Crippen LogP) is 1.61. The van der Waals surface area contributed by atoms with Gasteiger partial charge in [0.2, 0.25) is 0 Å². The van der Waals surface area contributed by atoms with Gasteiger partial charge in [0, 0.05) is 31.8 Å². The monoisotopic (exact) mass is 240 g/mol. The molecule has 0 radical (unpaired) electrons. The topological polar surface area (TPSA) is 35.5 Å². The summed E-state index contributed by atoms with van der Waals surface area (Å²) in [5.74, 6) is 0.983. The molecule has 3 heteroatoms. The Hall–Kier alpha value is -0.120. The molecule has 2 rings (SSSR count). The summed E-state index contributed by atoms with van der Waals surface area (Å²) in [6, 6.07) is 1.35. The SMILES string of the molecule is CCCNC(CCO)CN(CC1CC1)C1CC1. The molecule has 3 nitrogen and oxygen atoms in total. The van der Waals surface area contributed by atoms with Crippen LogP contribution in [0.4, 0.5) is 0 Å². The van der Waals surface area contributed by atoms with E-state index in [-0.39, 0.29) is 0 Å². The molecule has 100 valence electrons. The Morgan fingerprint density at radius 3 is 2.59 bits per heavy atom. The summed E-state index contributed by atoms with van der Waals surface area (Å²) in [5.41, 5.74) is 0. The molecule has 0 saturated heterocycles. The van der Waals surface area contributed by atoms with Crippen molar-refractivity contribution in [1.82, 2.24) is 10.2 Å². The third-order valence-electron chi connectivity index (χ3n) is 3.87. The second-order valence-corrected chi connectivity index (χ2v) is 5.79. The first-order valence-electron chi connectivity index (χ1n) is 7.41. The Morgan fingerprint density at radius 1 is 1.29 bits per heavy atom. The molecule has 0 aliphatic heterocycles. The Kier molecular flexibility index (Phi) is 5.26. The van der Waals surface area contributed by atoms with Gasteiger partial charge in [0.05, 0.1) is 0 Å². The van der Waals surface area contributed by atoms with Crippen LogP contribution in [0.1, 0.15) is 45.4 Å². The van der Waals surface area contributed by atoms with Gasteiger partial charge in [-0.15, -0.1) is 0 Å². The quantitative estimate of drug-likeness (QED) is 0.609. The molecule has 0 spiro atoms. The maximum atomic E-state index is 9.14. The van der Waals surface area contributed by atoms with E-state index in [0.29, 0.717) is 12.6 Å². The van der Waals surface area contributed by atoms with Crippen LogP contribution in [0.25, 0.3) is 0 Å². The molecule has 2 fully saturated rings. The number of rotatable bonds is 10. The zero-order valence-electron chi connectivity index (χ0n) is 11.2. The molecule has 2 N–H and O–H groups in total. The summed E-state index contributed by atoms with van der Waals surface area (Å²) in [6.45, 7) is 6.03. The lowest BCUT2D eigenvalue weighted by Gasteiger charge is -2.28. The average molecular weight is 240 g/mol. The first-order chi connectivity index (χ1) is 8.33. The molecule has 1 atom stereocenters. The minimum atomic E-state index is 0.309. The van der Waals surface area contributed by atoms with Gasteiger partial charge in [0.1, 0.15) is 0 Å². The van der Waals surface area contributed by atoms with Crippen molar-refractivity contribution in [2.75, 3.05) is 26.2 Å². The van der Waals surface area contributed by atoms with Gasteiger partial charge in [-0.1, -0.05) is 6.92 Å². The van der Waals surface area contributed by atoms with Gasteiger partial charge in [-0.3, -0.25) is 4.90 Å². The van der Waals surface area contributed by atoms with Crippen molar-refractivity contribution in [1.29, 1.82) is 0 Å². The highest BCUT2D eigenvalue weighted by Crippen LogP contribution is 2.34. The third kappa shape index (κ3) is 4.94. The zero-order chi connectivity index (χ0) is 12.1. The van der Waals surface area contributed by atoms with Crippen molar-refractivity contribution in [3.63, 3.8) is 0 Å². The maximum Gasteiger partial charge on any atom is 0.0446 e. The van der Waals surface area contributed by atoms with E-state index in [4.69, 9.17) is 5.11 Å². The molecule has 17 heavy (non-hydrogen) atoms. The molecule has 0 aromatic rings. The molecular weight excluding hydrogens is 212 g/mol. The van der Waals surface area contributed by atoms with Gasteiger partial charge in [-0.05, 0) is 51.0 Å². The van der Waals surface area contributed by atoms with Crippen LogP contribution in [0.2, 0.25) is 0 Å². The van der Waals surface area contributed by atoms with E-state index in [9.17, 15) is 0 Å². The molecule has 0 aromatic carbocycles. The van der Waals surface area contributed by atoms with Crippen molar-refractivity contribution >= 4 is 0 Å². The fourth-order valence-electron chi connectivity index (χ4n) is 2.49. The van der Waals surface area contributed by atoms with E-state index in [1.807, 2.05) is 0 Å². The number of hydrogen-bond acceptors (Lipinski definition) is 3. The molecule has 1 unspecified atom stereocenters. The van der Waals surface area contributed by atoms with E-state index in [1.165, 1.54) is 38.6 Å². The lowest BCUT2D eigenvalue weighted by Crippen LogP contribution is -2.43. The molecule has 0 heterocycles.